The van der Waals surface area contributed by atoms with Crippen LogP contribution in [0, 0.1) is 0 Å². The van der Waals surface area contributed by atoms with Crippen LogP contribution in [0.2, 0.25) is 0 Å². The van der Waals surface area contributed by atoms with Crippen LogP contribution in [-0.2, 0) is 6.54 Å². The van der Waals surface area contributed by atoms with E-state index in [1.54, 1.807) is 0 Å². The molecular formula is C21H20N2O. The lowest BCUT2D eigenvalue weighted by Crippen LogP contribution is -1.99. The Morgan fingerprint density at radius 3 is 2.00 bits per heavy atom. The van der Waals surface area contributed by atoms with Gasteiger partial charge in [-0.3, -0.25) is 0 Å². The van der Waals surface area contributed by atoms with Crippen LogP contribution >= 0.6 is 0 Å². The Kier molecular flexibility index (Phi) is 4.82. The third-order valence-corrected chi connectivity index (χ3v) is 3.68. The van der Waals surface area contributed by atoms with Crippen molar-refractivity contribution in [2.24, 2.45) is 0 Å². The molecule has 0 heterocycles. The minimum Gasteiger partial charge on any atom is -0.457 e. The van der Waals surface area contributed by atoms with E-state index in [1.807, 2.05) is 54.6 Å². The van der Waals surface area contributed by atoms with Crippen LogP contribution in [0.4, 0.5) is 11.4 Å². The maximum atomic E-state index is 5.78. The van der Waals surface area contributed by atoms with Gasteiger partial charge >= 0.3 is 0 Å². The number of hydrogen-bond acceptors (Lipinski definition) is 3. The number of anilines is 2. The quantitative estimate of drug-likeness (QED) is 0.605. The maximum absolute atomic E-state index is 5.78. The summed E-state index contributed by atoms with van der Waals surface area (Å²) < 4.78 is 5.78. The largest absolute Gasteiger partial charge is 0.457 e. The smallest absolute Gasteiger partial charge is 0.127 e. The molecule has 0 unspecified atom stereocenters. The third kappa shape index (κ3) is 4.17. The normalized spacial score (nSPS) is 10.2. The van der Waals surface area contributed by atoms with Crippen LogP contribution in [0.25, 0.3) is 6.08 Å². The van der Waals surface area contributed by atoms with Crippen molar-refractivity contribution < 1.29 is 4.74 Å². The second kappa shape index (κ2) is 7.38. The fourth-order valence-electron chi connectivity index (χ4n) is 2.29. The van der Waals surface area contributed by atoms with E-state index in [4.69, 9.17) is 10.5 Å². The molecule has 0 amide bonds. The van der Waals surface area contributed by atoms with Gasteiger partial charge in [0.1, 0.15) is 11.5 Å². The Morgan fingerprint density at radius 2 is 1.42 bits per heavy atom. The summed E-state index contributed by atoms with van der Waals surface area (Å²) in [6.45, 7) is 4.54. The molecule has 3 N–H and O–H groups in total. The van der Waals surface area contributed by atoms with Crippen LogP contribution in [0.1, 0.15) is 11.1 Å². The molecule has 0 radical (unpaired) electrons. The zero-order valence-electron chi connectivity index (χ0n) is 13.4. The lowest BCUT2D eigenvalue weighted by Gasteiger charge is -2.09. The molecule has 0 saturated carbocycles. The first-order chi connectivity index (χ1) is 11.7. The second-order valence-electron chi connectivity index (χ2n) is 5.49. The summed E-state index contributed by atoms with van der Waals surface area (Å²) in [7, 11) is 0. The van der Waals surface area contributed by atoms with Crippen LogP contribution in [-0.4, -0.2) is 0 Å². The molecule has 0 atom stereocenters. The summed E-state index contributed by atoms with van der Waals surface area (Å²) in [5.41, 5.74) is 9.79. The van der Waals surface area contributed by atoms with Crippen molar-refractivity contribution in [3.8, 4) is 11.5 Å². The third-order valence-electron chi connectivity index (χ3n) is 3.68. The standard InChI is InChI=1S/C21H20N2O/c1-2-16-3-5-17(6-4-16)15-23-19-9-13-21(14-10-19)24-20-11-7-18(22)8-12-20/h2-14,23H,1,15,22H2. The molecule has 120 valence electrons. The molecule has 3 aromatic carbocycles. The lowest BCUT2D eigenvalue weighted by molar-refractivity contribution is 0.483. The van der Waals surface area contributed by atoms with Gasteiger partial charge in [-0.15, -0.1) is 0 Å². The summed E-state index contributed by atoms with van der Waals surface area (Å²) in [6.07, 6.45) is 1.84. The average Bonchev–Trinajstić information content (AvgIpc) is 2.63. The number of ether oxygens (including phenoxy) is 1. The van der Waals surface area contributed by atoms with Gasteiger partial charge in [0, 0.05) is 17.9 Å². The Bertz CT molecular complexity index is 791. The monoisotopic (exact) mass is 316 g/mol. The molecule has 0 aliphatic carbocycles. The molecule has 3 heteroatoms. The van der Waals surface area contributed by atoms with Crippen molar-refractivity contribution in [2.75, 3.05) is 11.1 Å². The molecule has 0 spiro atoms. The van der Waals surface area contributed by atoms with Gasteiger partial charge in [0.05, 0.1) is 0 Å². The maximum Gasteiger partial charge on any atom is 0.127 e. The molecule has 0 saturated heterocycles. The van der Waals surface area contributed by atoms with Gasteiger partial charge in [-0.05, 0) is 59.7 Å². The van der Waals surface area contributed by atoms with E-state index >= 15 is 0 Å². The van der Waals surface area contributed by atoms with Gasteiger partial charge in [0.2, 0.25) is 0 Å². The zero-order chi connectivity index (χ0) is 16.8. The summed E-state index contributed by atoms with van der Waals surface area (Å²) in [4.78, 5) is 0. The number of nitrogens with one attached hydrogen (secondary N) is 1. The Morgan fingerprint density at radius 1 is 0.833 bits per heavy atom. The highest BCUT2D eigenvalue weighted by Gasteiger charge is 1.99. The van der Waals surface area contributed by atoms with Gasteiger partial charge < -0.3 is 15.8 Å². The lowest BCUT2D eigenvalue weighted by atomic mass is 10.1. The van der Waals surface area contributed by atoms with Crippen molar-refractivity contribution in [2.45, 2.75) is 6.54 Å². The minimum absolute atomic E-state index is 0.725. The van der Waals surface area contributed by atoms with Gasteiger partial charge in [0.15, 0.2) is 0 Å². The summed E-state index contributed by atoms with van der Waals surface area (Å²) in [5.74, 6) is 1.56. The van der Waals surface area contributed by atoms with E-state index < -0.39 is 0 Å². The SMILES string of the molecule is C=Cc1ccc(CNc2ccc(Oc3ccc(N)cc3)cc2)cc1. The van der Waals surface area contributed by atoms with Crippen molar-refractivity contribution in [3.05, 3.63) is 90.5 Å². The van der Waals surface area contributed by atoms with Crippen molar-refractivity contribution in [1.82, 2.24) is 0 Å². The van der Waals surface area contributed by atoms with E-state index in [-0.39, 0.29) is 0 Å². The van der Waals surface area contributed by atoms with Gasteiger partial charge in [-0.1, -0.05) is 36.9 Å². The molecule has 0 aliphatic rings. The summed E-state index contributed by atoms with van der Waals surface area (Å²) in [5, 5.41) is 3.40. The highest BCUT2D eigenvalue weighted by molar-refractivity contribution is 5.50. The molecular weight excluding hydrogens is 296 g/mol. The fourth-order valence-corrected chi connectivity index (χ4v) is 2.29. The van der Waals surface area contributed by atoms with E-state index in [0.717, 1.165) is 35.0 Å². The highest BCUT2D eigenvalue weighted by Crippen LogP contribution is 2.24. The van der Waals surface area contributed by atoms with E-state index in [9.17, 15) is 0 Å². The predicted octanol–water partition coefficient (Wildman–Crippen LogP) is 5.32. The van der Waals surface area contributed by atoms with Crippen molar-refractivity contribution >= 4 is 17.5 Å². The first-order valence-corrected chi connectivity index (χ1v) is 7.82. The van der Waals surface area contributed by atoms with E-state index in [2.05, 4.69) is 36.2 Å². The Hall–Kier alpha value is -3.20. The molecule has 24 heavy (non-hydrogen) atoms. The minimum atomic E-state index is 0.725. The molecule has 0 aromatic heterocycles. The number of rotatable bonds is 6. The molecule has 3 rings (SSSR count). The van der Waals surface area contributed by atoms with Crippen molar-refractivity contribution in [3.63, 3.8) is 0 Å². The Balaban J connectivity index is 1.57. The number of benzene rings is 3. The highest BCUT2D eigenvalue weighted by atomic mass is 16.5. The zero-order valence-corrected chi connectivity index (χ0v) is 13.4. The average molecular weight is 316 g/mol. The second-order valence-corrected chi connectivity index (χ2v) is 5.49. The van der Waals surface area contributed by atoms with Gasteiger partial charge in [0.25, 0.3) is 0 Å². The molecule has 3 nitrogen and oxygen atoms in total. The van der Waals surface area contributed by atoms with Crippen LogP contribution < -0.4 is 15.8 Å². The topological polar surface area (TPSA) is 47.3 Å². The Labute approximate surface area is 142 Å². The summed E-state index contributed by atoms with van der Waals surface area (Å²) >= 11 is 0. The van der Waals surface area contributed by atoms with Crippen LogP contribution in [0.5, 0.6) is 11.5 Å². The fraction of sp³-hybridized carbons (Fsp3) is 0.0476. The number of nitrogen functional groups attached to an aromatic ring is 1. The van der Waals surface area contributed by atoms with Crippen LogP contribution in [0.15, 0.2) is 79.4 Å². The first-order valence-electron chi connectivity index (χ1n) is 7.82. The van der Waals surface area contributed by atoms with Crippen LogP contribution in [0.3, 0.4) is 0 Å². The number of nitrogens with two attached hydrogens (primary N) is 1. The summed E-state index contributed by atoms with van der Waals surface area (Å²) in [6, 6.07) is 23.6. The number of hydrogen-bond donors (Lipinski definition) is 2. The van der Waals surface area contributed by atoms with E-state index in [1.165, 1.54) is 5.56 Å². The molecule has 0 bridgehead atoms. The predicted molar refractivity (Wildman–Crippen MR) is 101 cm³/mol. The first kappa shape index (κ1) is 15.7. The van der Waals surface area contributed by atoms with E-state index in [0.29, 0.717) is 0 Å². The molecule has 0 fully saturated rings. The molecule has 0 aliphatic heterocycles. The van der Waals surface area contributed by atoms with Crippen molar-refractivity contribution in [1.29, 1.82) is 0 Å². The van der Waals surface area contributed by atoms with Gasteiger partial charge in [-0.2, -0.15) is 0 Å². The van der Waals surface area contributed by atoms with Gasteiger partial charge in [-0.25, -0.2) is 0 Å². The molecule has 3 aromatic rings.